The van der Waals surface area contributed by atoms with Gasteiger partial charge >= 0.3 is 0 Å². The summed E-state index contributed by atoms with van der Waals surface area (Å²) in [6, 6.07) is 26.3. The van der Waals surface area contributed by atoms with E-state index in [0.717, 1.165) is 41.5 Å². The van der Waals surface area contributed by atoms with Crippen molar-refractivity contribution >= 4 is 41.5 Å². The fourth-order valence-corrected chi connectivity index (χ4v) is 3.94. The van der Waals surface area contributed by atoms with Crippen LogP contribution in [0.3, 0.4) is 0 Å². The Morgan fingerprint density at radius 3 is 2.47 bits per heavy atom. The number of hydrogen-bond donors (Lipinski definition) is 3. The number of nitrogens with one attached hydrogen (secondary N) is 3. The Labute approximate surface area is 218 Å². The second-order valence-electron chi connectivity index (χ2n) is 8.08. The van der Waals surface area contributed by atoms with Gasteiger partial charge in [0, 0.05) is 38.2 Å². The molecule has 0 bridgehead atoms. The van der Waals surface area contributed by atoms with Crippen LogP contribution >= 0.6 is 24.0 Å². The number of benzene rings is 3. The molecule has 4 rings (SSSR count). The lowest BCUT2D eigenvalue weighted by Crippen LogP contribution is -2.41. The molecule has 1 heterocycles. The van der Waals surface area contributed by atoms with E-state index in [1.54, 1.807) is 7.05 Å². The van der Waals surface area contributed by atoms with Crippen molar-refractivity contribution in [3.8, 4) is 5.75 Å². The number of ether oxygens (including phenoxy) is 1. The molecule has 1 amide bonds. The number of hydrogen-bond acceptors (Lipinski definition) is 3. The molecule has 3 aromatic carbocycles. The van der Waals surface area contributed by atoms with Gasteiger partial charge in [-0.2, -0.15) is 0 Å². The molecule has 1 aliphatic heterocycles. The van der Waals surface area contributed by atoms with E-state index in [1.165, 1.54) is 5.56 Å². The summed E-state index contributed by atoms with van der Waals surface area (Å²) in [6.45, 7) is 1.97. The van der Waals surface area contributed by atoms with Gasteiger partial charge < -0.3 is 20.7 Å². The van der Waals surface area contributed by atoms with Crippen LogP contribution in [0.2, 0.25) is 0 Å². The van der Waals surface area contributed by atoms with E-state index in [4.69, 9.17) is 4.74 Å². The van der Waals surface area contributed by atoms with E-state index in [1.807, 2.05) is 48.5 Å². The highest BCUT2D eigenvalue weighted by Gasteiger charge is 2.24. The van der Waals surface area contributed by atoms with Gasteiger partial charge in [-0.15, -0.1) is 24.0 Å². The lowest BCUT2D eigenvalue weighted by Gasteiger charge is -2.26. The summed E-state index contributed by atoms with van der Waals surface area (Å²) in [4.78, 5) is 16.3. The zero-order chi connectivity index (χ0) is 22.9. The van der Waals surface area contributed by atoms with Crippen LogP contribution in [-0.4, -0.2) is 32.0 Å². The Kier molecular flexibility index (Phi) is 9.75. The number of aliphatic imine (C=N–C) groups is 1. The Bertz CT molecular complexity index is 1090. The SMILES string of the molecule is CN=C(NCCc1ccc(OCc2ccccc2)cc1)NCC1CC(=O)Nc2ccccc21.I. The van der Waals surface area contributed by atoms with E-state index in [9.17, 15) is 4.79 Å². The first kappa shape index (κ1) is 25.6. The molecule has 7 heteroatoms. The van der Waals surface area contributed by atoms with Crippen molar-refractivity contribution in [3.63, 3.8) is 0 Å². The molecule has 0 saturated carbocycles. The topological polar surface area (TPSA) is 74.8 Å². The van der Waals surface area contributed by atoms with Gasteiger partial charge in [-0.1, -0.05) is 60.7 Å². The smallest absolute Gasteiger partial charge is 0.225 e. The molecule has 1 unspecified atom stereocenters. The zero-order valence-electron chi connectivity index (χ0n) is 19.3. The van der Waals surface area contributed by atoms with Crippen molar-refractivity contribution in [2.75, 3.05) is 25.5 Å². The van der Waals surface area contributed by atoms with E-state index < -0.39 is 0 Å². The van der Waals surface area contributed by atoms with Crippen LogP contribution in [0.1, 0.15) is 29.0 Å². The summed E-state index contributed by atoms with van der Waals surface area (Å²) in [5, 5.41) is 9.67. The van der Waals surface area contributed by atoms with E-state index in [0.29, 0.717) is 19.6 Å². The number of anilines is 1. The molecule has 0 fully saturated rings. The number of halogens is 1. The molecule has 0 radical (unpaired) electrons. The van der Waals surface area contributed by atoms with Gasteiger partial charge in [0.05, 0.1) is 0 Å². The second-order valence-corrected chi connectivity index (χ2v) is 8.08. The number of para-hydroxylation sites is 1. The Hall–Kier alpha value is -3.07. The van der Waals surface area contributed by atoms with Crippen LogP contribution < -0.4 is 20.7 Å². The lowest BCUT2D eigenvalue weighted by atomic mass is 9.90. The number of carbonyl (C=O) groups is 1. The van der Waals surface area contributed by atoms with E-state index in [-0.39, 0.29) is 35.8 Å². The molecule has 1 atom stereocenters. The van der Waals surface area contributed by atoms with Gasteiger partial charge in [-0.3, -0.25) is 9.79 Å². The first-order valence-electron chi connectivity index (χ1n) is 11.3. The van der Waals surface area contributed by atoms with Gasteiger partial charge in [0.25, 0.3) is 0 Å². The highest BCUT2D eigenvalue weighted by atomic mass is 127. The van der Waals surface area contributed by atoms with Crippen molar-refractivity contribution in [2.45, 2.75) is 25.4 Å². The quantitative estimate of drug-likeness (QED) is 0.208. The van der Waals surface area contributed by atoms with Crippen molar-refractivity contribution in [1.82, 2.24) is 10.6 Å². The van der Waals surface area contributed by atoms with E-state index >= 15 is 0 Å². The highest BCUT2D eigenvalue weighted by Crippen LogP contribution is 2.31. The number of guanidine groups is 1. The summed E-state index contributed by atoms with van der Waals surface area (Å²) in [5.74, 6) is 1.78. The molecule has 1 aliphatic rings. The molecular weight excluding hydrogens is 539 g/mol. The summed E-state index contributed by atoms with van der Waals surface area (Å²) in [7, 11) is 1.76. The number of rotatable bonds is 8. The minimum absolute atomic E-state index is 0. The zero-order valence-corrected chi connectivity index (χ0v) is 21.6. The van der Waals surface area contributed by atoms with Crippen LogP contribution in [0.4, 0.5) is 5.69 Å². The standard InChI is InChI=1S/C27H30N4O2.HI/c1-28-27(30-18-22-17-26(32)31-25-10-6-5-9-24(22)25)29-16-15-20-11-13-23(14-12-20)33-19-21-7-3-2-4-8-21;/h2-14,22H,15-19H2,1H3,(H,31,32)(H2,28,29,30);1H. The van der Waals surface area contributed by atoms with Crippen LogP contribution in [-0.2, 0) is 17.8 Å². The number of fused-ring (bicyclic) bond motifs is 1. The number of amides is 1. The fraction of sp³-hybridized carbons (Fsp3) is 0.259. The van der Waals surface area contributed by atoms with Crippen LogP contribution in [0, 0.1) is 0 Å². The van der Waals surface area contributed by atoms with Gasteiger partial charge in [-0.05, 0) is 41.3 Å². The minimum atomic E-state index is 0. The largest absolute Gasteiger partial charge is 0.489 e. The second kappa shape index (κ2) is 13.0. The molecule has 178 valence electrons. The summed E-state index contributed by atoms with van der Waals surface area (Å²) >= 11 is 0. The molecule has 0 aliphatic carbocycles. The monoisotopic (exact) mass is 570 g/mol. The first-order valence-corrected chi connectivity index (χ1v) is 11.3. The summed E-state index contributed by atoms with van der Waals surface area (Å²) < 4.78 is 5.86. The fourth-order valence-electron chi connectivity index (χ4n) is 3.94. The van der Waals surface area contributed by atoms with Crippen LogP contribution in [0.15, 0.2) is 83.9 Å². The van der Waals surface area contributed by atoms with Gasteiger partial charge in [0.15, 0.2) is 5.96 Å². The third-order valence-corrected chi connectivity index (χ3v) is 5.72. The van der Waals surface area contributed by atoms with Crippen molar-refractivity contribution < 1.29 is 9.53 Å². The average molecular weight is 570 g/mol. The molecule has 34 heavy (non-hydrogen) atoms. The Morgan fingerprint density at radius 1 is 0.971 bits per heavy atom. The maximum absolute atomic E-state index is 12.0. The van der Waals surface area contributed by atoms with Gasteiger partial charge in [0.2, 0.25) is 5.91 Å². The predicted octanol–water partition coefficient (Wildman–Crippen LogP) is 4.72. The number of carbonyl (C=O) groups excluding carboxylic acids is 1. The summed E-state index contributed by atoms with van der Waals surface area (Å²) in [6.07, 6.45) is 1.34. The molecule has 3 N–H and O–H groups in total. The normalized spacial score (nSPS) is 14.9. The predicted molar refractivity (Wildman–Crippen MR) is 148 cm³/mol. The Morgan fingerprint density at radius 2 is 1.71 bits per heavy atom. The first-order chi connectivity index (χ1) is 16.2. The van der Waals surface area contributed by atoms with Gasteiger partial charge in [-0.25, -0.2) is 0 Å². The van der Waals surface area contributed by atoms with Crippen LogP contribution in [0.5, 0.6) is 5.75 Å². The third kappa shape index (κ3) is 7.21. The lowest BCUT2D eigenvalue weighted by molar-refractivity contribution is -0.116. The third-order valence-electron chi connectivity index (χ3n) is 5.72. The number of nitrogens with zero attached hydrogens (tertiary/aromatic N) is 1. The van der Waals surface area contributed by atoms with Crippen molar-refractivity contribution in [3.05, 3.63) is 95.6 Å². The van der Waals surface area contributed by atoms with Crippen molar-refractivity contribution in [1.29, 1.82) is 0 Å². The average Bonchev–Trinajstić information content (AvgIpc) is 2.86. The molecule has 0 aromatic heterocycles. The van der Waals surface area contributed by atoms with Gasteiger partial charge in [0.1, 0.15) is 12.4 Å². The molecule has 3 aromatic rings. The Balaban J connectivity index is 0.00000324. The van der Waals surface area contributed by atoms with E-state index in [2.05, 4.69) is 51.3 Å². The molecule has 6 nitrogen and oxygen atoms in total. The molecule has 0 spiro atoms. The highest BCUT2D eigenvalue weighted by molar-refractivity contribution is 14.0. The minimum Gasteiger partial charge on any atom is -0.489 e. The maximum atomic E-state index is 12.0. The van der Waals surface area contributed by atoms with Crippen LogP contribution in [0.25, 0.3) is 0 Å². The van der Waals surface area contributed by atoms with Crippen molar-refractivity contribution in [2.24, 2.45) is 4.99 Å². The molecule has 0 saturated heterocycles. The summed E-state index contributed by atoms with van der Waals surface area (Å²) in [5.41, 5.74) is 4.44. The molecular formula is C27H31IN4O2. The maximum Gasteiger partial charge on any atom is 0.225 e.